The molecule has 1 aliphatic rings. The fourth-order valence-electron chi connectivity index (χ4n) is 2.54. The van der Waals surface area contributed by atoms with Crippen LogP contribution in [0.25, 0.3) is 0 Å². The molecular weight excluding hydrogens is 260 g/mol. The van der Waals surface area contributed by atoms with Gasteiger partial charge in [-0.05, 0) is 31.0 Å². The van der Waals surface area contributed by atoms with E-state index in [4.69, 9.17) is 4.74 Å². The number of aliphatic hydroxyl groups excluding tert-OH is 1. The van der Waals surface area contributed by atoms with Crippen LogP contribution in [0.1, 0.15) is 25.8 Å². The molecular formula is C14H20N2O4. The van der Waals surface area contributed by atoms with Crippen LogP contribution in [0.15, 0.2) is 18.2 Å². The summed E-state index contributed by atoms with van der Waals surface area (Å²) in [7, 11) is 0. The van der Waals surface area contributed by atoms with Gasteiger partial charge in [0.15, 0.2) is 0 Å². The Kier molecular flexibility index (Phi) is 4.57. The highest BCUT2D eigenvalue weighted by atomic mass is 16.6. The van der Waals surface area contributed by atoms with E-state index < -0.39 is 0 Å². The second-order valence-electron chi connectivity index (χ2n) is 5.12. The van der Waals surface area contributed by atoms with Crippen molar-refractivity contribution in [1.82, 2.24) is 0 Å². The molecule has 20 heavy (non-hydrogen) atoms. The van der Waals surface area contributed by atoms with Gasteiger partial charge in [0.2, 0.25) is 0 Å². The van der Waals surface area contributed by atoms with Gasteiger partial charge in [0.1, 0.15) is 5.69 Å². The zero-order valence-electron chi connectivity index (χ0n) is 11.8. The van der Waals surface area contributed by atoms with E-state index in [-0.39, 0.29) is 29.4 Å². The maximum Gasteiger partial charge on any atom is 0.292 e. The van der Waals surface area contributed by atoms with Gasteiger partial charge in [-0.2, -0.15) is 0 Å². The number of aliphatic hydroxyl groups is 1. The van der Waals surface area contributed by atoms with Gasteiger partial charge in [0.25, 0.3) is 5.69 Å². The zero-order chi connectivity index (χ0) is 14.7. The van der Waals surface area contributed by atoms with Crippen LogP contribution in [0.2, 0.25) is 0 Å². The highest BCUT2D eigenvalue weighted by molar-refractivity contribution is 5.65. The molecule has 1 aliphatic heterocycles. The first-order valence-corrected chi connectivity index (χ1v) is 6.83. The van der Waals surface area contributed by atoms with Crippen LogP contribution >= 0.6 is 0 Å². The lowest BCUT2D eigenvalue weighted by Gasteiger charge is -2.37. The van der Waals surface area contributed by atoms with Gasteiger partial charge in [-0.15, -0.1) is 0 Å². The molecule has 2 rings (SSSR count). The summed E-state index contributed by atoms with van der Waals surface area (Å²) in [6.45, 7) is 5.14. The van der Waals surface area contributed by atoms with Crippen LogP contribution in [0, 0.1) is 10.1 Å². The van der Waals surface area contributed by atoms with E-state index in [2.05, 4.69) is 0 Å². The molecule has 0 aliphatic carbocycles. The number of benzene rings is 1. The van der Waals surface area contributed by atoms with E-state index >= 15 is 0 Å². The molecule has 6 heteroatoms. The lowest BCUT2D eigenvalue weighted by Crippen LogP contribution is -2.46. The van der Waals surface area contributed by atoms with Crippen LogP contribution in [0.3, 0.4) is 0 Å². The summed E-state index contributed by atoms with van der Waals surface area (Å²) in [5, 5.41) is 20.4. The largest absolute Gasteiger partial charge is 0.392 e. The van der Waals surface area contributed by atoms with Gasteiger partial charge in [-0.3, -0.25) is 10.1 Å². The topological polar surface area (TPSA) is 75.8 Å². The summed E-state index contributed by atoms with van der Waals surface area (Å²) < 4.78 is 5.78. The molecule has 0 aromatic heterocycles. The van der Waals surface area contributed by atoms with Gasteiger partial charge < -0.3 is 14.7 Å². The van der Waals surface area contributed by atoms with Crippen molar-refractivity contribution in [2.24, 2.45) is 0 Å². The van der Waals surface area contributed by atoms with Crippen molar-refractivity contribution in [2.45, 2.75) is 39.1 Å². The minimum Gasteiger partial charge on any atom is -0.392 e. The average Bonchev–Trinajstić information content (AvgIpc) is 2.45. The molecule has 0 radical (unpaired) electrons. The van der Waals surface area contributed by atoms with Crippen LogP contribution in [0.5, 0.6) is 0 Å². The molecule has 1 heterocycles. The predicted octanol–water partition coefficient (Wildman–Crippen LogP) is 2.09. The van der Waals surface area contributed by atoms with Crippen molar-refractivity contribution in [3.63, 3.8) is 0 Å². The maximum absolute atomic E-state index is 11.2. The Morgan fingerprint density at radius 3 is 2.85 bits per heavy atom. The highest BCUT2D eigenvalue weighted by Gasteiger charge is 2.28. The van der Waals surface area contributed by atoms with E-state index in [0.29, 0.717) is 24.3 Å². The number of hydrogen-bond donors (Lipinski definition) is 1. The van der Waals surface area contributed by atoms with Gasteiger partial charge in [0, 0.05) is 19.2 Å². The average molecular weight is 280 g/mol. The summed E-state index contributed by atoms with van der Waals surface area (Å²) in [6, 6.07) is 4.74. The Morgan fingerprint density at radius 2 is 2.25 bits per heavy atom. The smallest absolute Gasteiger partial charge is 0.292 e. The minimum absolute atomic E-state index is 0.0334. The normalized spacial score (nSPS) is 22.9. The first kappa shape index (κ1) is 14.7. The van der Waals surface area contributed by atoms with Crippen LogP contribution in [0.4, 0.5) is 11.4 Å². The molecule has 2 atom stereocenters. The van der Waals surface area contributed by atoms with Crippen LogP contribution in [-0.4, -0.2) is 35.3 Å². The van der Waals surface area contributed by atoms with Crippen molar-refractivity contribution >= 4 is 11.4 Å². The number of anilines is 1. The van der Waals surface area contributed by atoms with Crippen LogP contribution in [-0.2, 0) is 11.3 Å². The third kappa shape index (κ3) is 3.08. The van der Waals surface area contributed by atoms with Gasteiger partial charge in [-0.25, -0.2) is 0 Å². The van der Waals surface area contributed by atoms with Gasteiger partial charge in [0.05, 0.1) is 23.7 Å². The quantitative estimate of drug-likeness (QED) is 0.675. The van der Waals surface area contributed by atoms with E-state index in [1.807, 2.05) is 18.7 Å². The second-order valence-corrected chi connectivity index (χ2v) is 5.12. The third-order valence-corrected chi connectivity index (χ3v) is 3.54. The standard InChI is InChI=1S/C14H20N2O4/c1-3-12-8-15(7-10(2)20-12)14-6-11(9-17)4-5-13(14)16(18)19/h4-6,10,12,17H,3,7-9H2,1-2H3. The molecule has 1 saturated heterocycles. The van der Waals surface area contributed by atoms with E-state index in [1.165, 1.54) is 6.07 Å². The maximum atomic E-state index is 11.2. The Labute approximate surface area is 118 Å². The van der Waals surface area contributed by atoms with Crippen molar-refractivity contribution in [2.75, 3.05) is 18.0 Å². The van der Waals surface area contributed by atoms with Crippen molar-refractivity contribution < 1.29 is 14.8 Å². The number of hydrogen-bond acceptors (Lipinski definition) is 5. The molecule has 2 unspecified atom stereocenters. The van der Waals surface area contributed by atoms with E-state index in [9.17, 15) is 15.2 Å². The number of rotatable bonds is 4. The number of morpholine rings is 1. The second kappa shape index (κ2) is 6.19. The molecule has 1 aromatic rings. The summed E-state index contributed by atoms with van der Waals surface area (Å²) in [5.41, 5.74) is 1.32. The van der Waals surface area contributed by atoms with Crippen molar-refractivity contribution in [3.05, 3.63) is 33.9 Å². The fraction of sp³-hybridized carbons (Fsp3) is 0.571. The molecule has 0 spiro atoms. The minimum atomic E-state index is -0.377. The Morgan fingerprint density at radius 1 is 1.50 bits per heavy atom. The van der Waals surface area contributed by atoms with E-state index in [1.54, 1.807) is 12.1 Å². The first-order chi connectivity index (χ1) is 9.55. The molecule has 110 valence electrons. The Hall–Kier alpha value is -1.66. The number of nitro groups is 1. The van der Waals surface area contributed by atoms with Gasteiger partial charge >= 0.3 is 0 Å². The molecule has 1 aromatic carbocycles. The summed E-state index contributed by atoms with van der Waals surface area (Å²) in [5.74, 6) is 0. The highest BCUT2D eigenvalue weighted by Crippen LogP contribution is 2.31. The summed E-state index contributed by atoms with van der Waals surface area (Å²) in [4.78, 5) is 12.8. The Bertz CT molecular complexity index is 492. The zero-order valence-corrected chi connectivity index (χ0v) is 11.8. The number of ether oxygens (including phenoxy) is 1. The molecule has 0 amide bonds. The lowest BCUT2D eigenvalue weighted by molar-refractivity contribution is -0.384. The lowest BCUT2D eigenvalue weighted by atomic mass is 10.1. The fourth-order valence-corrected chi connectivity index (χ4v) is 2.54. The number of nitrogens with zero attached hydrogens (tertiary/aromatic N) is 2. The first-order valence-electron chi connectivity index (χ1n) is 6.83. The molecule has 0 bridgehead atoms. The molecule has 1 fully saturated rings. The SMILES string of the molecule is CCC1CN(c2cc(CO)ccc2[N+](=O)[O-])CC(C)O1. The van der Waals surface area contributed by atoms with Gasteiger partial charge in [-0.1, -0.05) is 6.92 Å². The molecule has 6 nitrogen and oxygen atoms in total. The van der Waals surface area contributed by atoms with Crippen molar-refractivity contribution in [1.29, 1.82) is 0 Å². The number of nitro benzene ring substituents is 1. The summed E-state index contributed by atoms with van der Waals surface area (Å²) >= 11 is 0. The monoisotopic (exact) mass is 280 g/mol. The van der Waals surface area contributed by atoms with Crippen molar-refractivity contribution in [3.8, 4) is 0 Å². The summed E-state index contributed by atoms with van der Waals surface area (Å²) in [6.07, 6.45) is 0.983. The molecule has 1 N–H and O–H groups in total. The Balaban J connectivity index is 2.36. The molecule has 0 saturated carbocycles. The van der Waals surface area contributed by atoms with Crippen LogP contribution < -0.4 is 4.90 Å². The predicted molar refractivity (Wildman–Crippen MR) is 75.9 cm³/mol. The third-order valence-electron chi connectivity index (χ3n) is 3.54. The van der Waals surface area contributed by atoms with E-state index in [0.717, 1.165) is 6.42 Å².